The van der Waals surface area contributed by atoms with Gasteiger partial charge in [-0.2, -0.15) is 0 Å². The highest BCUT2D eigenvalue weighted by Gasteiger charge is 2.47. The van der Waals surface area contributed by atoms with Crippen molar-refractivity contribution in [2.45, 2.75) is 45.8 Å². The quantitative estimate of drug-likeness (QED) is 0.705. The molecule has 1 saturated heterocycles. The maximum absolute atomic E-state index is 12.4. The normalized spacial score (nSPS) is 37.7. The lowest BCUT2D eigenvalue weighted by Crippen LogP contribution is -2.59. The lowest BCUT2D eigenvalue weighted by Gasteiger charge is -2.49. The Morgan fingerprint density at radius 2 is 1.94 bits per heavy atom. The number of β-amino-alcohol motifs (C(OH)–C–C–N with tert-alkyl or cyclic N) is 1. The third kappa shape index (κ3) is 2.08. The van der Waals surface area contributed by atoms with E-state index in [4.69, 9.17) is 5.73 Å². The maximum atomic E-state index is 12.4. The van der Waals surface area contributed by atoms with Crippen molar-refractivity contribution < 1.29 is 9.90 Å². The zero-order valence-electron chi connectivity index (χ0n) is 11.0. The second-order valence-corrected chi connectivity index (χ2v) is 6.30. The van der Waals surface area contributed by atoms with Crippen molar-refractivity contribution in [1.29, 1.82) is 0 Å². The molecule has 4 heteroatoms. The van der Waals surface area contributed by atoms with Gasteiger partial charge in [0.1, 0.15) is 0 Å². The first-order chi connectivity index (χ1) is 7.84. The summed E-state index contributed by atoms with van der Waals surface area (Å²) in [7, 11) is 0. The highest BCUT2D eigenvalue weighted by Crippen LogP contribution is 2.45. The van der Waals surface area contributed by atoms with E-state index in [1.54, 1.807) is 4.90 Å². The van der Waals surface area contributed by atoms with Crippen molar-refractivity contribution in [2.24, 2.45) is 23.0 Å². The molecular weight excluding hydrogens is 216 g/mol. The number of carbonyl (C=O) groups is 1. The van der Waals surface area contributed by atoms with Gasteiger partial charge in [-0.1, -0.05) is 20.8 Å². The Labute approximate surface area is 103 Å². The van der Waals surface area contributed by atoms with E-state index in [-0.39, 0.29) is 29.4 Å². The summed E-state index contributed by atoms with van der Waals surface area (Å²) in [5, 5.41) is 9.28. The topological polar surface area (TPSA) is 66.6 Å². The van der Waals surface area contributed by atoms with Gasteiger partial charge in [-0.25, -0.2) is 0 Å². The van der Waals surface area contributed by atoms with Crippen LogP contribution in [0.1, 0.15) is 33.6 Å². The molecule has 2 aliphatic rings. The number of rotatable bonds is 1. The highest BCUT2D eigenvalue weighted by molar-refractivity contribution is 5.80. The summed E-state index contributed by atoms with van der Waals surface area (Å²) in [5.74, 6) is 0.625. The molecule has 3 unspecified atom stereocenters. The van der Waals surface area contributed by atoms with Crippen LogP contribution in [0.4, 0.5) is 0 Å². The molecule has 2 fully saturated rings. The van der Waals surface area contributed by atoms with E-state index in [0.29, 0.717) is 19.0 Å². The largest absolute Gasteiger partial charge is 0.389 e. The average Bonchev–Trinajstić information content (AvgIpc) is 2.21. The zero-order chi connectivity index (χ0) is 12.8. The molecule has 0 aromatic carbocycles. The van der Waals surface area contributed by atoms with Crippen molar-refractivity contribution in [3.63, 3.8) is 0 Å². The molecule has 1 heterocycles. The molecule has 0 bridgehead atoms. The van der Waals surface area contributed by atoms with Crippen molar-refractivity contribution in [3.05, 3.63) is 0 Å². The summed E-state index contributed by atoms with van der Waals surface area (Å²) >= 11 is 0. The molecule has 1 amide bonds. The highest BCUT2D eigenvalue weighted by atomic mass is 16.3. The second-order valence-electron chi connectivity index (χ2n) is 6.30. The van der Waals surface area contributed by atoms with Crippen LogP contribution in [0.25, 0.3) is 0 Å². The van der Waals surface area contributed by atoms with E-state index < -0.39 is 0 Å². The number of carbonyl (C=O) groups excluding carboxylic acids is 1. The predicted molar refractivity (Wildman–Crippen MR) is 66.2 cm³/mol. The smallest absolute Gasteiger partial charge is 0.226 e. The molecule has 1 aliphatic heterocycles. The fourth-order valence-corrected chi connectivity index (χ4v) is 3.15. The first kappa shape index (κ1) is 12.8. The number of likely N-dealkylation sites (tertiary alicyclic amines) is 1. The SMILES string of the molecule is CC1C(N)CCC(C(=O)N2CC(O)C2)C1(C)C. The van der Waals surface area contributed by atoms with Crippen molar-refractivity contribution >= 4 is 5.91 Å². The maximum Gasteiger partial charge on any atom is 0.226 e. The molecule has 1 saturated carbocycles. The summed E-state index contributed by atoms with van der Waals surface area (Å²) in [4.78, 5) is 14.1. The van der Waals surface area contributed by atoms with Crippen LogP contribution in [0.5, 0.6) is 0 Å². The monoisotopic (exact) mass is 240 g/mol. The Morgan fingerprint density at radius 1 is 1.35 bits per heavy atom. The standard InChI is InChI=1S/C13H24N2O2/c1-8-11(14)5-4-10(13(8,2)3)12(17)15-6-9(16)7-15/h8-11,16H,4-7,14H2,1-3H3. The van der Waals surface area contributed by atoms with E-state index in [1.807, 2.05) is 0 Å². The number of aliphatic hydroxyl groups excluding tert-OH is 1. The Kier molecular flexibility index (Phi) is 3.21. The van der Waals surface area contributed by atoms with Crippen LogP contribution in [0.2, 0.25) is 0 Å². The van der Waals surface area contributed by atoms with Gasteiger partial charge in [0, 0.05) is 25.0 Å². The van der Waals surface area contributed by atoms with Crippen LogP contribution >= 0.6 is 0 Å². The number of nitrogens with two attached hydrogens (primary N) is 1. The summed E-state index contributed by atoms with van der Waals surface area (Å²) in [6.07, 6.45) is 1.49. The van der Waals surface area contributed by atoms with Gasteiger partial charge in [0.25, 0.3) is 0 Å². The summed E-state index contributed by atoms with van der Waals surface area (Å²) in [6.45, 7) is 7.46. The van der Waals surface area contributed by atoms with Gasteiger partial charge in [0.15, 0.2) is 0 Å². The van der Waals surface area contributed by atoms with Gasteiger partial charge in [-0.15, -0.1) is 0 Å². The molecule has 0 spiro atoms. The third-order valence-electron chi connectivity index (χ3n) is 4.97. The van der Waals surface area contributed by atoms with Crippen molar-refractivity contribution in [1.82, 2.24) is 4.90 Å². The van der Waals surface area contributed by atoms with Gasteiger partial charge >= 0.3 is 0 Å². The van der Waals surface area contributed by atoms with Gasteiger partial charge in [-0.3, -0.25) is 4.79 Å². The van der Waals surface area contributed by atoms with Crippen LogP contribution in [0.15, 0.2) is 0 Å². The van der Waals surface area contributed by atoms with E-state index in [2.05, 4.69) is 20.8 Å². The molecule has 0 aromatic heterocycles. The molecular formula is C13H24N2O2. The number of hydrogen-bond donors (Lipinski definition) is 2. The Bertz CT molecular complexity index is 311. The lowest BCUT2D eigenvalue weighted by atomic mass is 9.60. The van der Waals surface area contributed by atoms with Crippen LogP contribution in [0.3, 0.4) is 0 Å². The minimum Gasteiger partial charge on any atom is -0.389 e. The van der Waals surface area contributed by atoms with Gasteiger partial charge in [0.2, 0.25) is 5.91 Å². The fourth-order valence-electron chi connectivity index (χ4n) is 3.15. The fraction of sp³-hybridized carbons (Fsp3) is 0.923. The molecule has 3 N–H and O–H groups in total. The van der Waals surface area contributed by atoms with E-state index in [9.17, 15) is 9.90 Å². The summed E-state index contributed by atoms with van der Waals surface area (Å²) < 4.78 is 0. The zero-order valence-corrected chi connectivity index (χ0v) is 11.0. The molecule has 98 valence electrons. The Hall–Kier alpha value is -0.610. The molecule has 4 nitrogen and oxygen atoms in total. The first-order valence-electron chi connectivity index (χ1n) is 6.56. The third-order valence-corrected chi connectivity index (χ3v) is 4.97. The number of amides is 1. The summed E-state index contributed by atoms with van der Waals surface area (Å²) in [5.41, 5.74) is 6.05. The molecule has 0 radical (unpaired) electrons. The first-order valence-corrected chi connectivity index (χ1v) is 6.56. The second kappa shape index (κ2) is 4.25. The van der Waals surface area contributed by atoms with Crippen LogP contribution < -0.4 is 5.73 Å². The average molecular weight is 240 g/mol. The van der Waals surface area contributed by atoms with E-state index >= 15 is 0 Å². The lowest BCUT2D eigenvalue weighted by molar-refractivity contribution is -0.153. The summed E-state index contributed by atoms with van der Waals surface area (Å²) in [6, 6.07) is 0.205. The molecule has 0 aromatic rings. The molecule has 3 atom stereocenters. The van der Waals surface area contributed by atoms with Gasteiger partial charge < -0.3 is 15.7 Å². The van der Waals surface area contributed by atoms with Crippen LogP contribution in [0, 0.1) is 17.3 Å². The van der Waals surface area contributed by atoms with Crippen LogP contribution in [-0.2, 0) is 4.79 Å². The van der Waals surface area contributed by atoms with Crippen molar-refractivity contribution in [2.75, 3.05) is 13.1 Å². The number of aliphatic hydroxyl groups is 1. The number of nitrogens with zero attached hydrogens (tertiary/aromatic N) is 1. The van der Waals surface area contributed by atoms with Gasteiger partial charge in [0.05, 0.1) is 6.10 Å². The van der Waals surface area contributed by atoms with Crippen LogP contribution in [-0.4, -0.2) is 41.1 Å². The number of hydrogen-bond acceptors (Lipinski definition) is 3. The molecule has 1 aliphatic carbocycles. The minimum atomic E-state index is -0.315. The molecule has 17 heavy (non-hydrogen) atoms. The molecule has 2 rings (SSSR count). The Morgan fingerprint density at radius 3 is 2.47 bits per heavy atom. The van der Waals surface area contributed by atoms with Gasteiger partial charge in [-0.05, 0) is 24.2 Å². The Balaban J connectivity index is 2.07. The van der Waals surface area contributed by atoms with Crippen molar-refractivity contribution in [3.8, 4) is 0 Å². The van der Waals surface area contributed by atoms with E-state index in [0.717, 1.165) is 12.8 Å². The predicted octanol–water partition coefficient (Wildman–Crippen LogP) is 0.589. The minimum absolute atomic E-state index is 0.0463. The van der Waals surface area contributed by atoms with E-state index in [1.165, 1.54) is 0 Å².